The molecule has 62 heavy (non-hydrogen) atoms. The molecule has 0 fully saturated rings. The van der Waals surface area contributed by atoms with Crippen LogP contribution in [0.15, 0.2) is 97.2 Å². The van der Waals surface area contributed by atoms with Gasteiger partial charge in [0.05, 0.1) is 6.42 Å². The van der Waals surface area contributed by atoms with Crippen LogP contribution in [-0.2, 0) is 28.6 Å². The number of allylic oxidation sites excluding steroid dienone is 15. The summed E-state index contributed by atoms with van der Waals surface area (Å²) in [7, 11) is 0. The summed E-state index contributed by atoms with van der Waals surface area (Å²) in [6.45, 7) is 6.34. The first-order chi connectivity index (χ1) is 30.5. The maximum atomic E-state index is 12.7. The number of carbonyl (C=O) groups is 3. The molecule has 0 aromatic rings. The van der Waals surface area contributed by atoms with Crippen molar-refractivity contribution in [2.45, 2.75) is 226 Å². The van der Waals surface area contributed by atoms with E-state index in [0.29, 0.717) is 12.8 Å². The summed E-state index contributed by atoms with van der Waals surface area (Å²) in [5.41, 5.74) is 0. The molecular weight excluding hydrogens is 769 g/mol. The molecule has 0 radical (unpaired) electrons. The summed E-state index contributed by atoms with van der Waals surface area (Å²) >= 11 is 0. The third-order valence-electron chi connectivity index (χ3n) is 10.4. The highest BCUT2D eigenvalue weighted by Gasteiger charge is 2.19. The van der Waals surface area contributed by atoms with Gasteiger partial charge in [0, 0.05) is 12.8 Å². The van der Waals surface area contributed by atoms with Crippen LogP contribution in [0.2, 0.25) is 0 Å². The predicted molar refractivity (Wildman–Crippen MR) is 265 cm³/mol. The van der Waals surface area contributed by atoms with E-state index in [1.807, 2.05) is 6.08 Å². The van der Waals surface area contributed by atoms with E-state index < -0.39 is 12.1 Å². The molecule has 0 heterocycles. The minimum atomic E-state index is -0.831. The average molecular weight is 861 g/mol. The molecule has 0 amide bonds. The Morgan fingerprint density at radius 1 is 0.355 bits per heavy atom. The Bertz CT molecular complexity index is 1260. The molecule has 0 saturated heterocycles. The molecule has 0 bridgehead atoms. The zero-order chi connectivity index (χ0) is 45.1. The Labute approximate surface area is 381 Å². The smallest absolute Gasteiger partial charge is 0.310 e. The van der Waals surface area contributed by atoms with Crippen LogP contribution >= 0.6 is 0 Å². The van der Waals surface area contributed by atoms with Crippen LogP contribution in [0.5, 0.6) is 0 Å². The first kappa shape index (κ1) is 58.3. The van der Waals surface area contributed by atoms with Crippen LogP contribution in [0.1, 0.15) is 220 Å². The Hall–Kier alpha value is -3.67. The summed E-state index contributed by atoms with van der Waals surface area (Å²) in [6, 6.07) is 0. The molecule has 0 N–H and O–H groups in total. The second kappa shape index (κ2) is 50.0. The van der Waals surface area contributed by atoms with Crippen LogP contribution < -0.4 is 0 Å². The van der Waals surface area contributed by atoms with Crippen molar-refractivity contribution in [1.29, 1.82) is 0 Å². The third-order valence-corrected chi connectivity index (χ3v) is 10.4. The lowest BCUT2D eigenvalue weighted by atomic mass is 10.1. The third kappa shape index (κ3) is 47.4. The van der Waals surface area contributed by atoms with E-state index in [1.165, 1.54) is 89.9 Å². The predicted octanol–water partition coefficient (Wildman–Crippen LogP) is 16.6. The van der Waals surface area contributed by atoms with Gasteiger partial charge in [-0.1, -0.05) is 214 Å². The molecule has 1 atom stereocenters. The zero-order valence-electron chi connectivity index (χ0n) is 40.1. The summed E-state index contributed by atoms with van der Waals surface area (Å²) < 4.78 is 16.6. The Balaban J connectivity index is 4.31. The number of carbonyl (C=O) groups excluding carboxylic acids is 3. The molecule has 0 aromatic carbocycles. The molecule has 0 aliphatic rings. The largest absolute Gasteiger partial charge is 0.462 e. The highest BCUT2D eigenvalue weighted by molar-refractivity contribution is 5.72. The van der Waals surface area contributed by atoms with Crippen LogP contribution in [0, 0.1) is 0 Å². The second-order valence-electron chi connectivity index (χ2n) is 16.4. The van der Waals surface area contributed by atoms with Gasteiger partial charge in [-0.15, -0.1) is 0 Å². The average Bonchev–Trinajstić information content (AvgIpc) is 3.27. The normalized spacial score (nSPS) is 12.9. The van der Waals surface area contributed by atoms with Gasteiger partial charge in [-0.05, 0) is 83.5 Å². The van der Waals surface area contributed by atoms with E-state index in [0.717, 1.165) is 89.9 Å². The summed E-state index contributed by atoms with van der Waals surface area (Å²) in [5, 5.41) is 0. The molecule has 0 spiro atoms. The lowest BCUT2D eigenvalue weighted by Gasteiger charge is -2.18. The van der Waals surface area contributed by atoms with Crippen molar-refractivity contribution in [3.8, 4) is 0 Å². The van der Waals surface area contributed by atoms with Crippen molar-refractivity contribution in [2.24, 2.45) is 0 Å². The summed E-state index contributed by atoms with van der Waals surface area (Å²) in [6.07, 6.45) is 65.9. The van der Waals surface area contributed by atoms with Gasteiger partial charge in [0.15, 0.2) is 6.10 Å². The van der Waals surface area contributed by atoms with Crippen molar-refractivity contribution in [3.63, 3.8) is 0 Å². The van der Waals surface area contributed by atoms with Crippen LogP contribution in [0.3, 0.4) is 0 Å². The van der Waals surface area contributed by atoms with E-state index in [9.17, 15) is 14.4 Å². The van der Waals surface area contributed by atoms with E-state index in [1.54, 1.807) is 6.08 Å². The first-order valence-electron chi connectivity index (χ1n) is 25.2. The highest BCUT2D eigenvalue weighted by atomic mass is 16.6. The molecule has 0 aromatic heterocycles. The van der Waals surface area contributed by atoms with Gasteiger partial charge in [0.1, 0.15) is 13.2 Å². The number of hydrogen-bond acceptors (Lipinski definition) is 6. The Morgan fingerprint density at radius 3 is 1.06 bits per heavy atom. The van der Waals surface area contributed by atoms with E-state index in [2.05, 4.69) is 106 Å². The number of unbranched alkanes of at least 4 members (excludes halogenated alkanes) is 18. The molecule has 1 unspecified atom stereocenters. The van der Waals surface area contributed by atoms with Gasteiger partial charge in [-0.2, -0.15) is 0 Å². The standard InChI is InChI=1S/C56H92O6/c1-4-7-10-13-16-18-20-22-24-25-26-27-28-29-30-31-33-34-36-38-40-43-46-49-55(58)61-52-53(51-60-54(57)48-45-42-15-12-9-6-3)62-56(59)50-47-44-41-39-37-35-32-23-21-19-17-14-11-8-5-2/h8,11,17,19-20,22-23,25-26,28-29,32,37,39,44,47,53H,4-7,9-10,12-16,18,21,24,27,30-31,33-36,38,40-43,45-46,48-52H2,1-3H3/b11-8-,19-17-,22-20-,26-25-,29-28-,32-23-,39-37-,47-44-. The van der Waals surface area contributed by atoms with Crippen LogP contribution in [0.25, 0.3) is 0 Å². The van der Waals surface area contributed by atoms with Gasteiger partial charge in [-0.25, -0.2) is 0 Å². The summed E-state index contributed by atoms with van der Waals surface area (Å²) in [5.74, 6) is -1.07. The van der Waals surface area contributed by atoms with E-state index in [4.69, 9.17) is 14.2 Å². The molecule has 352 valence electrons. The SMILES string of the molecule is CC/C=C\C/C=C\C/C=C\C/C=C\C/C=C\CC(=O)OC(COC(=O)CCCCCCCC)COC(=O)CCCCCCCCCC/C=C\C/C=C\C/C=C\CCCCCCC. The number of hydrogen-bond donors (Lipinski definition) is 0. The summed E-state index contributed by atoms with van der Waals surface area (Å²) in [4.78, 5) is 37.6. The topological polar surface area (TPSA) is 78.9 Å². The van der Waals surface area contributed by atoms with Crippen molar-refractivity contribution >= 4 is 17.9 Å². The first-order valence-corrected chi connectivity index (χ1v) is 25.2. The number of ether oxygens (including phenoxy) is 3. The maximum absolute atomic E-state index is 12.7. The molecular formula is C56H92O6. The lowest BCUT2D eigenvalue weighted by Crippen LogP contribution is -2.30. The van der Waals surface area contributed by atoms with Crippen molar-refractivity contribution in [3.05, 3.63) is 97.2 Å². The molecule has 0 aliphatic carbocycles. The van der Waals surface area contributed by atoms with Gasteiger partial charge in [-0.3, -0.25) is 14.4 Å². The molecule has 0 saturated carbocycles. The minimum Gasteiger partial charge on any atom is -0.462 e. The molecule has 6 nitrogen and oxygen atoms in total. The lowest BCUT2D eigenvalue weighted by molar-refractivity contribution is -0.166. The zero-order valence-corrected chi connectivity index (χ0v) is 40.1. The van der Waals surface area contributed by atoms with E-state index >= 15 is 0 Å². The second-order valence-corrected chi connectivity index (χ2v) is 16.4. The molecule has 0 aliphatic heterocycles. The van der Waals surface area contributed by atoms with Gasteiger partial charge in [0.25, 0.3) is 0 Å². The van der Waals surface area contributed by atoms with Gasteiger partial charge in [0.2, 0.25) is 0 Å². The van der Waals surface area contributed by atoms with E-state index in [-0.39, 0.29) is 31.6 Å². The Kier molecular flexibility index (Phi) is 47.0. The van der Waals surface area contributed by atoms with Crippen molar-refractivity contribution < 1.29 is 28.6 Å². The minimum absolute atomic E-state index is 0.0936. The van der Waals surface area contributed by atoms with Crippen molar-refractivity contribution in [2.75, 3.05) is 13.2 Å². The fourth-order valence-electron chi connectivity index (χ4n) is 6.58. The maximum Gasteiger partial charge on any atom is 0.310 e. The van der Waals surface area contributed by atoms with Crippen molar-refractivity contribution in [1.82, 2.24) is 0 Å². The van der Waals surface area contributed by atoms with Gasteiger partial charge >= 0.3 is 17.9 Å². The fraction of sp³-hybridized carbons (Fsp3) is 0.661. The quantitative estimate of drug-likeness (QED) is 0.0263. The monoisotopic (exact) mass is 861 g/mol. The Morgan fingerprint density at radius 2 is 0.677 bits per heavy atom. The molecule has 6 heteroatoms. The van der Waals surface area contributed by atoms with Gasteiger partial charge < -0.3 is 14.2 Å². The molecule has 0 rings (SSSR count). The number of rotatable bonds is 44. The van der Waals surface area contributed by atoms with Crippen LogP contribution in [-0.4, -0.2) is 37.2 Å². The number of esters is 3. The highest BCUT2D eigenvalue weighted by Crippen LogP contribution is 2.13. The fourth-order valence-corrected chi connectivity index (χ4v) is 6.58. The van der Waals surface area contributed by atoms with Crippen LogP contribution in [0.4, 0.5) is 0 Å².